The van der Waals surface area contributed by atoms with Crippen molar-refractivity contribution in [3.63, 3.8) is 0 Å². The molecule has 0 radical (unpaired) electrons. The lowest BCUT2D eigenvalue weighted by Gasteiger charge is -2.39. The number of carbonyl (C=O) groups excluding carboxylic acids is 2. The monoisotopic (exact) mass is 499 g/mol. The van der Waals surface area contributed by atoms with Crippen LogP contribution in [0.1, 0.15) is 93.6 Å². The smallest absolute Gasteiger partial charge is 0.350 e. The van der Waals surface area contributed by atoms with E-state index in [4.69, 9.17) is 9.47 Å². The average molecular weight is 500 g/mol. The van der Waals surface area contributed by atoms with Gasteiger partial charge in [0.25, 0.3) is 0 Å². The second-order valence-corrected chi connectivity index (χ2v) is 12.1. The molecule has 2 aliphatic rings. The Morgan fingerprint density at radius 1 is 1.14 bits per heavy atom. The van der Waals surface area contributed by atoms with E-state index in [2.05, 4.69) is 46.1 Å². The lowest BCUT2D eigenvalue weighted by molar-refractivity contribution is -0.124. The molecular formula is C29H41NO4S. The number of ether oxygens (including phenoxy) is 2. The Kier molecular flexibility index (Phi) is 9.61. The van der Waals surface area contributed by atoms with Gasteiger partial charge in [0.15, 0.2) is 0 Å². The summed E-state index contributed by atoms with van der Waals surface area (Å²) in [6, 6.07) is 1.96. The zero-order valence-electron chi connectivity index (χ0n) is 22.0. The van der Waals surface area contributed by atoms with Gasteiger partial charge in [0, 0.05) is 17.4 Å². The van der Waals surface area contributed by atoms with Crippen LogP contribution in [0.15, 0.2) is 18.7 Å². The number of thiophene rings is 1. The molecule has 0 bridgehead atoms. The van der Waals surface area contributed by atoms with E-state index in [-0.39, 0.29) is 29.4 Å². The van der Waals surface area contributed by atoms with Crippen molar-refractivity contribution < 1.29 is 19.1 Å². The lowest BCUT2D eigenvalue weighted by Crippen LogP contribution is -2.47. The van der Waals surface area contributed by atoms with Crippen LogP contribution in [0.4, 0.5) is 5.69 Å². The highest BCUT2D eigenvalue weighted by Gasteiger charge is 2.37. The molecule has 1 amide bonds. The molecule has 0 N–H and O–H groups in total. The van der Waals surface area contributed by atoms with E-state index in [9.17, 15) is 9.59 Å². The molecule has 0 spiro atoms. The van der Waals surface area contributed by atoms with Crippen molar-refractivity contribution in [3.8, 4) is 11.8 Å². The number of hydrogen-bond donors (Lipinski definition) is 0. The minimum Gasteiger partial charge on any atom is -0.465 e. The molecule has 1 aromatic heterocycles. The summed E-state index contributed by atoms with van der Waals surface area (Å²) in [4.78, 5) is 30.1. The van der Waals surface area contributed by atoms with Gasteiger partial charge in [-0.2, -0.15) is 0 Å². The molecule has 0 saturated heterocycles. The second kappa shape index (κ2) is 12.2. The standard InChI is InChI=1S/C29H41NO4S/c1-7-18-34-23-14-12-22(13-15-23)30(27(31)21-10-8-20(2)9-11-21)25-19-24(16-17-29(3,4)5)35-26(25)28(32)33-6/h7,19-23H,1,8-15,18H2,2-6H3/t20-,21-,22?,23?. The molecule has 0 unspecified atom stereocenters. The molecule has 0 atom stereocenters. The Labute approximate surface area is 215 Å². The molecule has 35 heavy (non-hydrogen) atoms. The van der Waals surface area contributed by atoms with Crippen LogP contribution >= 0.6 is 11.3 Å². The molecule has 1 heterocycles. The van der Waals surface area contributed by atoms with Crippen LogP contribution in [0, 0.1) is 29.1 Å². The van der Waals surface area contributed by atoms with E-state index in [1.54, 1.807) is 6.08 Å². The van der Waals surface area contributed by atoms with Gasteiger partial charge in [-0.15, -0.1) is 17.9 Å². The molecule has 0 aromatic carbocycles. The number of hydrogen-bond acceptors (Lipinski definition) is 5. The highest BCUT2D eigenvalue weighted by Crippen LogP contribution is 2.39. The van der Waals surface area contributed by atoms with Crippen molar-refractivity contribution in [2.45, 2.75) is 91.2 Å². The molecule has 192 valence electrons. The van der Waals surface area contributed by atoms with Crippen LogP contribution in [0.5, 0.6) is 0 Å². The highest BCUT2D eigenvalue weighted by atomic mass is 32.1. The number of rotatable bonds is 7. The number of amides is 1. The highest BCUT2D eigenvalue weighted by molar-refractivity contribution is 7.15. The molecule has 2 fully saturated rings. The van der Waals surface area contributed by atoms with Crippen LogP contribution in [0.2, 0.25) is 0 Å². The number of nitrogens with zero attached hydrogens (tertiary/aromatic N) is 1. The molecule has 1 aromatic rings. The van der Waals surface area contributed by atoms with Gasteiger partial charge in [-0.25, -0.2) is 4.79 Å². The van der Waals surface area contributed by atoms with Crippen molar-refractivity contribution in [3.05, 3.63) is 28.5 Å². The first-order valence-corrected chi connectivity index (χ1v) is 13.8. The molecule has 2 aliphatic carbocycles. The topological polar surface area (TPSA) is 55.8 Å². The summed E-state index contributed by atoms with van der Waals surface area (Å²) in [5.41, 5.74) is 0.507. The number of anilines is 1. The summed E-state index contributed by atoms with van der Waals surface area (Å²) in [6.07, 6.45) is 9.38. The Morgan fingerprint density at radius 2 is 1.80 bits per heavy atom. The van der Waals surface area contributed by atoms with E-state index in [1.165, 1.54) is 18.4 Å². The Bertz CT molecular complexity index is 948. The van der Waals surface area contributed by atoms with E-state index in [0.717, 1.165) is 56.2 Å². The molecule has 6 heteroatoms. The van der Waals surface area contributed by atoms with Crippen molar-refractivity contribution in [2.24, 2.45) is 17.3 Å². The van der Waals surface area contributed by atoms with E-state index in [0.29, 0.717) is 23.1 Å². The summed E-state index contributed by atoms with van der Waals surface area (Å²) in [5.74, 6) is 6.88. The SMILES string of the molecule is C=CCOC1CCC(N(c2cc(C#CC(C)(C)C)sc2C(=O)OC)C(=O)[C@H]2CC[C@H](C)CC2)CC1. The summed E-state index contributed by atoms with van der Waals surface area (Å²) in [6.45, 7) is 12.7. The van der Waals surface area contributed by atoms with Gasteiger partial charge < -0.3 is 14.4 Å². The number of esters is 1. The zero-order valence-corrected chi connectivity index (χ0v) is 22.8. The second-order valence-electron chi connectivity index (χ2n) is 11.0. The van der Waals surface area contributed by atoms with E-state index in [1.807, 2.05) is 11.0 Å². The summed E-state index contributed by atoms with van der Waals surface area (Å²) >= 11 is 1.32. The first-order chi connectivity index (χ1) is 16.6. The summed E-state index contributed by atoms with van der Waals surface area (Å²) in [5, 5.41) is 0. The summed E-state index contributed by atoms with van der Waals surface area (Å²) < 4.78 is 11.0. The zero-order chi connectivity index (χ0) is 25.6. The van der Waals surface area contributed by atoms with Crippen molar-refractivity contribution >= 4 is 28.9 Å². The number of methoxy groups -OCH3 is 1. The first kappa shape index (κ1) is 27.5. The van der Waals surface area contributed by atoms with Gasteiger partial charge in [0.1, 0.15) is 4.88 Å². The molecule has 2 saturated carbocycles. The summed E-state index contributed by atoms with van der Waals surface area (Å²) in [7, 11) is 1.39. The maximum absolute atomic E-state index is 14.0. The van der Waals surface area contributed by atoms with Gasteiger partial charge in [0.05, 0.1) is 30.4 Å². The average Bonchev–Trinajstić information content (AvgIpc) is 3.25. The van der Waals surface area contributed by atoms with Gasteiger partial charge in [-0.1, -0.05) is 24.8 Å². The van der Waals surface area contributed by atoms with E-state index >= 15 is 0 Å². The fourth-order valence-corrected chi connectivity index (χ4v) is 5.90. The molecule has 3 rings (SSSR count). The quantitative estimate of drug-likeness (QED) is 0.241. The van der Waals surface area contributed by atoms with Crippen molar-refractivity contribution in [1.82, 2.24) is 0 Å². The van der Waals surface area contributed by atoms with Crippen LogP contribution < -0.4 is 4.90 Å². The Morgan fingerprint density at radius 3 is 2.37 bits per heavy atom. The Hall–Kier alpha value is -2.10. The first-order valence-electron chi connectivity index (χ1n) is 12.9. The van der Waals surface area contributed by atoms with Crippen LogP contribution in [-0.4, -0.2) is 37.7 Å². The van der Waals surface area contributed by atoms with Gasteiger partial charge in [0.2, 0.25) is 5.91 Å². The van der Waals surface area contributed by atoms with Crippen LogP contribution in [0.3, 0.4) is 0 Å². The maximum atomic E-state index is 14.0. The third-order valence-corrected chi connectivity index (χ3v) is 7.98. The fourth-order valence-electron chi connectivity index (χ4n) is 4.98. The van der Waals surface area contributed by atoms with Gasteiger partial charge >= 0.3 is 5.97 Å². The minimum atomic E-state index is -0.410. The normalized spacial score (nSPS) is 24.7. The predicted octanol–water partition coefficient (Wildman–Crippen LogP) is 6.61. The fraction of sp³-hybridized carbons (Fsp3) is 0.655. The van der Waals surface area contributed by atoms with Gasteiger partial charge in [-0.05, 0) is 84.1 Å². The predicted molar refractivity (Wildman–Crippen MR) is 143 cm³/mol. The lowest BCUT2D eigenvalue weighted by atomic mass is 9.81. The minimum absolute atomic E-state index is 0.00422. The maximum Gasteiger partial charge on any atom is 0.350 e. The van der Waals surface area contributed by atoms with Crippen molar-refractivity contribution in [1.29, 1.82) is 0 Å². The third kappa shape index (κ3) is 7.44. The van der Waals surface area contributed by atoms with Crippen LogP contribution in [0.25, 0.3) is 0 Å². The largest absolute Gasteiger partial charge is 0.465 e. The van der Waals surface area contributed by atoms with Gasteiger partial charge in [-0.3, -0.25) is 4.79 Å². The molecule has 5 nitrogen and oxygen atoms in total. The number of carbonyl (C=O) groups is 2. The van der Waals surface area contributed by atoms with Crippen molar-refractivity contribution in [2.75, 3.05) is 18.6 Å². The Balaban J connectivity index is 1.97. The van der Waals surface area contributed by atoms with E-state index < -0.39 is 5.97 Å². The third-order valence-electron chi connectivity index (χ3n) is 6.96. The molecule has 0 aliphatic heterocycles. The van der Waals surface area contributed by atoms with Crippen LogP contribution in [-0.2, 0) is 14.3 Å². The molecular weight excluding hydrogens is 458 g/mol.